The summed E-state index contributed by atoms with van der Waals surface area (Å²) < 4.78 is 0. The number of carbonyl (C=O) groups is 1. The number of hydrogen-bond donors (Lipinski definition) is 0. The zero-order valence-corrected chi connectivity index (χ0v) is 4.96. The molecule has 0 aromatic heterocycles. The number of rotatable bonds is 2. The van der Waals surface area contributed by atoms with Gasteiger partial charge in [-0.2, -0.15) is 0 Å². The molecule has 0 unspecified atom stereocenters. The van der Waals surface area contributed by atoms with Gasteiger partial charge in [0.1, 0.15) is 0 Å². The van der Waals surface area contributed by atoms with Gasteiger partial charge in [0.25, 0.3) is 0 Å². The number of hydrogen-bond acceptors (Lipinski definition) is 1. The highest BCUT2D eigenvalue weighted by Crippen LogP contribution is 1.92. The van der Waals surface area contributed by atoms with Gasteiger partial charge in [-0.15, -0.1) is 11.6 Å². The van der Waals surface area contributed by atoms with Gasteiger partial charge < -0.3 is 0 Å². The van der Waals surface area contributed by atoms with E-state index >= 15 is 0 Å². The van der Waals surface area contributed by atoms with E-state index in [1.54, 1.807) is 0 Å². The molecule has 0 radical (unpaired) electrons. The highest BCUT2D eigenvalue weighted by molar-refractivity contribution is 6.22. The van der Waals surface area contributed by atoms with Gasteiger partial charge in [-0.3, -0.25) is 4.79 Å². The van der Waals surface area contributed by atoms with E-state index < -0.39 is 0 Å². The molecule has 0 rings (SSSR count). The molecule has 2 heteroatoms. The second kappa shape index (κ2) is 2.80. The number of ketones is 1. The number of allylic oxidation sites excluding steroid dienone is 1. The molecule has 0 atom stereocenters. The first-order valence-electron chi connectivity index (χ1n) is 1.93. The van der Waals surface area contributed by atoms with Crippen LogP contribution < -0.4 is 0 Å². The summed E-state index contributed by atoms with van der Waals surface area (Å²) in [6, 6.07) is 0. The highest BCUT2D eigenvalue weighted by atomic mass is 35.5. The van der Waals surface area contributed by atoms with E-state index in [9.17, 15) is 4.79 Å². The number of alkyl halides is 1. The first-order chi connectivity index (χ1) is 3.18. The molecule has 0 aromatic carbocycles. The molecular weight excluding hydrogens is 112 g/mol. The van der Waals surface area contributed by atoms with Crippen molar-refractivity contribution in [1.29, 1.82) is 0 Å². The van der Waals surface area contributed by atoms with Crippen LogP contribution in [0.15, 0.2) is 12.2 Å². The maximum Gasteiger partial charge on any atom is 0.156 e. The van der Waals surface area contributed by atoms with Gasteiger partial charge in [-0.25, -0.2) is 0 Å². The summed E-state index contributed by atoms with van der Waals surface area (Å²) in [6.07, 6.45) is 0. The fraction of sp³-hybridized carbons (Fsp3) is 0.400. The highest BCUT2D eigenvalue weighted by Gasteiger charge is 1.94. The summed E-state index contributed by atoms with van der Waals surface area (Å²) >= 11 is 5.23. The molecule has 0 aliphatic rings. The predicted molar refractivity (Wildman–Crippen MR) is 30.5 cm³/mol. The van der Waals surface area contributed by atoms with E-state index in [4.69, 9.17) is 11.6 Å². The van der Waals surface area contributed by atoms with Crippen molar-refractivity contribution in [3.63, 3.8) is 0 Å². The molecule has 7 heavy (non-hydrogen) atoms. The zero-order chi connectivity index (χ0) is 5.86. The average Bonchev–Trinajstić information content (AvgIpc) is 1.65. The van der Waals surface area contributed by atoms with Gasteiger partial charge in [0.15, 0.2) is 5.78 Å². The first-order valence-corrected chi connectivity index (χ1v) is 2.46. The Morgan fingerprint density at radius 3 is 2.29 bits per heavy atom. The quantitative estimate of drug-likeness (QED) is 0.395. The largest absolute Gasteiger partial charge is 0.295 e. The van der Waals surface area contributed by atoms with Crippen LogP contribution in [0.1, 0.15) is 6.92 Å². The third-order valence-corrected chi connectivity index (χ3v) is 0.982. The zero-order valence-electron chi connectivity index (χ0n) is 4.20. The molecule has 0 aromatic rings. The van der Waals surface area contributed by atoms with E-state index in [-0.39, 0.29) is 11.7 Å². The molecule has 1 nitrogen and oxygen atoms in total. The lowest BCUT2D eigenvalue weighted by Crippen LogP contribution is -1.94. The van der Waals surface area contributed by atoms with Crippen molar-refractivity contribution in [3.8, 4) is 0 Å². The minimum atomic E-state index is -0.0324. The fourth-order valence-electron chi connectivity index (χ4n) is 0.0941. The van der Waals surface area contributed by atoms with Crippen LogP contribution in [0.2, 0.25) is 0 Å². The van der Waals surface area contributed by atoms with Gasteiger partial charge >= 0.3 is 0 Å². The Kier molecular flexibility index (Phi) is 2.68. The van der Waals surface area contributed by atoms with Crippen LogP contribution in [-0.2, 0) is 4.79 Å². The SMILES string of the molecule is C=C(CCl)C(C)=O. The normalized spacial score (nSPS) is 8.29. The summed E-state index contributed by atoms with van der Waals surface area (Å²) in [5.41, 5.74) is 0.474. The van der Waals surface area contributed by atoms with Gasteiger partial charge in [-0.05, 0) is 6.92 Å². The van der Waals surface area contributed by atoms with Crippen molar-refractivity contribution in [1.82, 2.24) is 0 Å². The molecule has 0 N–H and O–H groups in total. The summed E-state index contributed by atoms with van der Waals surface area (Å²) in [6.45, 7) is 4.84. The maximum atomic E-state index is 10.2. The van der Waals surface area contributed by atoms with E-state index in [0.717, 1.165) is 0 Å². The average molecular weight is 119 g/mol. The summed E-state index contributed by atoms with van der Waals surface area (Å²) in [4.78, 5) is 10.2. The van der Waals surface area contributed by atoms with Crippen LogP contribution >= 0.6 is 11.6 Å². The van der Waals surface area contributed by atoms with Crippen LogP contribution in [0.3, 0.4) is 0 Å². The van der Waals surface area contributed by atoms with Crippen LogP contribution in [0.4, 0.5) is 0 Å². The Morgan fingerprint density at radius 2 is 2.29 bits per heavy atom. The van der Waals surface area contributed by atoms with Crippen molar-refractivity contribution >= 4 is 17.4 Å². The molecule has 0 amide bonds. The second-order valence-corrected chi connectivity index (χ2v) is 1.56. The van der Waals surface area contributed by atoms with Crippen LogP contribution in [-0.4, -0.2) is 11.7 Å². The molecule has 0 heterocycles. The Bertz CT molecular complexity index is 96.3. The monoisotopic (exact) mass is 118 g/mol. The number of carbonyl (C=O) groups excluding carboxylic acids is 1. The number of halogens is 1. The van der Waals surface area contributed by atoms with E-state index in [2.05, 4.69) is 6.58 Å². The van der Waals surface area contributed by atoms with Crippen molar-refractivity contribution in [3.05, 3.63) is 12.2 Å². The Hall–Kier alpha value is -0.300. The third-order valence-electron chi connectivity index (χ3n) is 0.659. The van der Waals surface area contributed by atoms with Gasteiger partial charge in [-0.1, -0.05) is 6.58 Å². The summed E-state index contributed by atoms with van der Waals surface area (Å²) in [5, 5.41) is 0. The molecule has 0 saturated carbocycles. The van der Waals surface area contributed by atoms with Crippen LogP contribution in [0, 0.1) is 0 Å². The smallest absolute Gasteiger partial charge is 0.156 e. The molecule has 0 fully saturated rings. The lowest BCUT2D eigenvalue weighted by molar-refractivity contribution is -0.113. The molecular formula is C5H7ClO. The standard InChI is InChI=1S/C5H7ClO/c1-4(3-6)5(2)7/h1,3H2,2H3. The molecule has 0 bridgehead atoms. The Balaban J connectivity index is 3.58. The van der Waals surface area contributed by atoms with E-state index in [1.165, 1.54) is 6.92 Å². The summed E-state index contributed by atoms with van der Waals surface area (Å²) in [7, 11) is 0. The van der Waals surface area contributed by atoms with Crippen molar-refractivity contribution in [2.75, 3.05) is 5.88 Å². The first kappa shape index (κ1) is 6.70. The van der Waals surface area contributed by atoms with E-state index in [1.807, 2.05) is 0 Å². The predicted octanol–water partition coefficient (Wildman–Crippen LogP) is 1.37. The lowest BCUT2D eigenvalue weighted by atomic mass is 10.2. The Labute approximate surface area is 48.0 Å². The molecule has 0 saturated heterocycles. The topological polar surface area (TPSA) is 17.1 Å². The molecule has 40 valence electrons. The van der Waals surface area contributed by atoms with Crippen molar-refractivity contribution in [2.24, 2.45) is 0 Å². The minimum absolute atomic E-state index is 0.0324. The third kappa shape index (κ3) is 2.40. The van der Waals surface area contributed by atoms with Gasteiger partial charge in [0, 0.05) is 5.57 Å². The molecule has 0 aliphatic carbocycles. The van der Waals surface area contributed by atoms with Crippen LogP contribution in [0.25, 0.3) is 0 Å². The summed E-state index contributed by atoms with van der Waals surface area (Å²) in [5.74, 6) is 0.213. The lowest BCUT2D eigenvalue weighted by Gasteiger charge is -1.87. The molecule has 0 spiro atoms. The van der Waals surface area contributed by atoms with Gasteiger partial charge in [0.2, 0.25) is 0 Å². The van der Waals surface area contributed by atoms with E-state index in [0.29, 0.717) is 5.57 Å². The molecule has 0 aliphatic heterocycles. The fourth-order valence-corrected chi connectivity index (χ4v) is 0.282. The van der Waals surface area contributed by atoms with Crippen LogP contribution in [0.5, 0.6) is 0 Å². The Morgan fingerprint density at radius 1 is 1.86 bits per heavy atom. The van der Waals surface area contributed by atoms with Crippen molar-refractivity contribution in [2.45, 2.75) is 6.92 Å². The second-order valence-electron chi connectivity index (χ2n) is 1.29. The number of Topliss-reactive ketones (excluding diaryl/α,β-unsaturated/α-hetero) is 1. The van der Waals surface area contributed by atoms with Crippen molar-refractivity contribution < 1.29 is 4.79 Å². The minimum Gasteiger partial charge on any atom is -0.295 e. The van der Waals surface area contributed by atoms with Gasteiger partial charge in [0.05, 0.1) is 5.88 Å². The maximum absolute atomic E-state index is 10.2.